The number of benzene rings is 1. The van der Waals surface area contributed by atoms with Crippen LogP contribution in [0.5, 0.6) is 0 Å². The van der Waals surface area contributed by atoms with Crippen LogP contribution in [-0.2, 0) is 0 Å². The fourth-order valence-corrected chi connectivity index (χ4v) is 1.76. The molecule has 8 heteroatoms. The van der Waals surface area contributed by atoms with Crippen molar-refractivity contribution in [2.24, 2.45) is 0 Å². The van der Waals surface area contributed by atoms with Crippen molar-refractivity contribution >= 4 is 29.2 Å². The Morgan fingerprint density at radius 1 is 1.14 bits per heavy atom. The summed E-state index contributed by atoms with van der Waals surface area (Å²) in [6.45, 7) is 0. The zero-order chi connectivity index (χ0) is 15.6. The summed E-state index contributed by atoms with van der Waals surface area (Å²) in [4.78, 5) is 26.7. The number of nitrogens with one attached hydrogen (secondary N) is 1. The molecule has 0 aliphatic heterocycles. The van der Waals surface area contributed by atoms with Crippen LogP contribution in [0, 0.1) is 11.6 Å². The first-order chi connectivity index (χ1) is 9.88. The van der Waals surface area contributed by atoms with Crippen molar-refractivity contribution in [2.45, 2.75) is 0 Å². The Morgan fingerprint density at radius 2 is 1.76 bits per heavy atom. The van der Waals surface area contributed by atoms with Crippen molar-refractivity contribution in [3.05, 3.63) is 58.4 Å². The quantitative estimate of drug-likeness (QED) is 0.854. The summed E-state index contributed by atoms with van der Waals surface area (Å²) in [5, 5.41) is 11.4. The van der Waals surface area contributed by atoms with Crippen molar-refractivity contribution in [3.63, 3.8) is 0 Å². The number of amides is 1. The number of pyridine rings is 1. The second-order valence-corrected chi connectivity index (χ2v) is 4.33. The Hall–Kier alpha value is -2.54. The second kappa shape index (κ2) is 5.84. The van der Waals surface area contributed by atoms with Crippen LogP contribution in [0.3, 0.4) is 0 Å². The lowest BCUT2D eigenvalue weighted by atomic mass is 10.1. The number of carboxylic acids is 1. The van der Waals surface area contributed by atoms with Gasteiger partial charge in [-0.25, -0.2) is 18.6 Å². The van der Waals surface area contributed by atoms with Gasteiger partial charge in [-0.05, 0) is 24.3 Å². The molecule has 0 aliphatic carbocycles. The van der Waals surface area contributed by atoms with E-state index in [0.29, 0.717) is 12.1 Å². The van der Waals surface area contributed by atoms with Gasteiger partial charge in [0.15, 0.2) is 11.6 Å². The minimum absolute atomic E-state index is 0.108. The van der Waals surface area contributed by atoms with Crippen molar-refractivity contribution < 1.29 is 23.5 Å². The number of carbonyl (C=O) groups excluding carboxylic acids is 1. The summed E-state index contributed by atoms with van der Waals surface area (Å²) in [7, 11) is 0. The zero-order valence-electron chi connectivity index (χ0n) is 10.2. The van der Waals surface area contributed by atoms with Gasteiger partial charge >= 0.3 is 5.97 Å². The van der Waals surface area contributed by atoms with Gasteiger partial charge in [0.05, 0.1) is 11.1 Å². The average Bonchev–Trinajstić information content (AvgIpc) is 2.41. The number of carboxylic acid groups (broad SMARTS) is 1. The molecule has 21 heavy (non-hydrogen) atoms. The molecule has 0 atom stereocenters. The van der Waals surface area contributed by atoms with Crippen LogP contribution in [0.2, 0.25) is 5.15 Å². The Balaban J connectivity index is 2.39. The maximum Gasteiger partial charge on any atom is 0.336 e. The zero-order valence-corrected chi connectivity index (χ0v) is 11.0. The molecule has 0 saturated carbocycles. The van der Waals surface area contributed by atoms with Gasteiger partial charge in [0.2, 0.25) is 0 Å². The van der Waals surface area contributed by atoms with Gasteiger partial charge < -0.3 is 10.4 Å². The first-order valence-corrected chi connectivity index (χ1v) is 5.91. The van der Waals surface area contributed by atoms with Gasteiger partial charge in [-0.3, -0.25) is 4.79 Å². The molecule has 2 N–H and O–H groups in total. The van der Waals surface area contributed by atoms with E-state index in [1.807, 2.05) is 0 Å². The van der Waals surface area contributed by atoms with Crippen LogP contribution in [0.1, 0.15) is 20.7 Å². The third-order valence-electron chi connectivity index (χ3n) is 2.52. The summed E-state index contributed by atoms with van der Waals surface area (Å²) in [6, 6.07) is 3.70. The van der Waals surface area contributed by atoms with E-state index in [9.17, 15) is 18.4 Å². The van der Waals surface area contributed by atoms with E-state index < -0.39 is 34.6 Å². The lowest BCUT2D eigenvalue weighted by Gasteiger charge is -2.08. The Kier molecular flexibility index (Phi) is 4.13. The highest BCUT2D eigenvalue weighted by molar-refractivity contribution is 6.29. The lowest BCUT2D eigenvalue weighted by molar-refractivity contribution is 0.0691. The molecule has 0 fully saturated rings. The van der Waals surface area contributed by atoms with Crippen LogP contribution >= 0.6 is 11.6 Å². The minimum atomic E-state index is -1.55. The van der Waals surface area contributed by atoms with E-state index >= 15 is 0 Å². The van der Waals surface area contributed by atoms with Gasteiger partial charge in [-0.15, -0.1) is 0 Å². The molecule has 0 spiro atoms. The monoisotopic (exact) mass is 312 g/mol. The molecule has 0 aliphatic rings. The highest BCUT2D eigenvalue weighted by Gasteiger charge is 2.20. The fourth-order valence-electron chi connectivity index (χ4n) is 1.59. The third kappa shape index (κ3) is 3.32. The summed E-state index contributed by atoms with van der Waals surface area (Å²) in [5.41, 5.74) is -0.915. The Bertz CT molecular complexity index is 737. The first-order valence-electron chi connectivity index (χ1n) is 5.53. The van der Waals surface area contributed by atoms with Gasteiger partial charge in [0, 0.05) is 11.9 Å². The molecular formula is C13H7ClF2N2O3. The number of halogens is 3. The van der Waals surface area contributed by atoms with E-state index in [4.69, 9.17) is 16.7 Å². The highest BCUT2D eigenvalue weighted by atomic mass is 35.5. The second-order valence-electron chi connectivity index (χ2n) is 3.94. The molecule has 2 aromatic rings. The molecule has 1 aromatic carbocycles. The van der Waals surface area contributed by atoms with E-state index in [0.717, 1.165) is 0 Å². The largest absolute Gasteiger partial charge is 0.478 e. The number of anilines is 1. The van der Waals surface area contributed by atoms with Gasteiger partial charge in [-0.2, -0.15) is 0 Å². The van der Waals surface area contributed by atoms with Crippen LogP contribution in [-0.4, -0.2) is 22.0 Å². The molecule has 108 valence electrons. The van der Waals surface area contributed by atoms with Crippen molar-refractivity contribution in [2.75, 3.05) is 5.32 Å². The van der Waals surface area contributed by atoms with E-state index in [2.05, 4.69) is 10.3 Å². The Labute approximate surface area is 122 Å². The number of aromatic nitrogens is 1. The number of carbonyl (C=O) groups is 2. The fraction of sp³-hybridized carbons (Fsp3) is 0. The molecule has 0 saturated heterocycles. The van der Waals surface area contributed by atoms with E-state index in [1.54, 1.807) is 0 Å². The summed E-state index contributed by atoms with van der Waals surface area (Å²) in [6.07, 6.45) is 1.32. The smallest absolute Gasteiger partial charge is 0.336 e. The van der Waals surface area contributed by atoms with Crippen molar-refractivity contribution in [3.8, 4) is 0 Å². The number of nitrogens with zero attached hydrogens (tertiary/aromatic N) is 1. The van der Waals surface area contributed by atoms with Crippen LogP contribution in [0.4, 0.5) is 14.5 Å². The maximum absolute atomic E-state index is 13.2. The average molecular weight is 313 g/mol. The molecular weight excluding hydrogens is 306 g/mol. The summed E-state index contributed by atoms with van der Waals surface area (Å²) in [5.74, 6) is -5.13. The topological polar surface area (TPSA) is 79.3 Å². The molecule has 1 amide bonds. The van der Waals surface area contributed by atoms with Gasteiger partial charge in [0.25, 0.3) is 5.91 Å². The minimum Gasteiger partial charge on any atom is -0.478 e. The molecule has 0 unspecified atom stereocenters. The van der Waals surface area contributed by atoms with Crippen LogP contribution in [0.15, 0.2) is 30.5 Å². The number of hydrogen-bond donors (Lipinski definition) is 2. The van der Waals surface area contributed by atoms with Crippen molar-refractivity contribution in [1.82, 2.24) is 4.98 Å². The molecule has 5 nitrogen and oxygen atoms in total. The predicted molar refractivity (Wildman–Crippen MR) is 70.5 cm³/mol. The Morgan fingerprint density at radius 3 is 2.33 bits per heavy atom. The van der Waals surface area contributed by atoms with Crippen LogP contribution < -0.4 is 5.32 Å². The number of aromatic carboxylic acids is 1. The SMILES string of the molecule is O=C(O)c1cc(F)c(F)cc1C(=O)Nc1ccnc(Cl)c1. The summed E-state index contributed by atoms with van der Waals surface area (Å²) >= 11 is 5.64. The van der Waals surface area contributed by atoms with Crippen LogP contribution in [0.25, 0.3) is 0 Å². The van der Waals surface area contributed by atoms with Gasteiger partial charge in [0.1, 0.15) is 5.15 Å². The highest BCUT2D eigenvalue weighted by Crippen LogP contribution is 2.18. The molecule has 1 aromatic heterocycles. The molecule has 0 bridgehead atoms. The summed E-state index contributed by atoms with van der Waals surface area (Å²) < 4.78 is 26.3. The normalized spacial score (nSPS) is 10.2. The van der Waals surface area contributed by atoms with Crippen molar-refractivity contribution in [1.29, 1.82) is 0 Å². The first kappa shape index (κ1) is 14.9. The maximum atomic E-state index is 13.2. The predicted octanol–water partition coefficient (Wildman–Crippen LogP) is 2.96. The molecule has 0 radical (unpaired) electrons. The number of hydrogen-bond acceptors (Lipinski definition) is 3. The third-order valence-corrected chi connectivity index (χ3v) is 2.73. The molecule has 2 rings (SSSR count). The lowest BCUT2D eigenvalue weighted by Crippen LogP contribution is -2.17. The van der Waals surface area contributed by atoms with E-state index in [-0.39, 0.29) is 10.8 Å². The van der Waals surface area contributed by atoms with Gasteiger partial charge in [-0.1, -0.05) is 11.6 Å². The number of rotatable bonds is 3. The standard InChI is InChI=1S/C13H7ClF2N2O3/c14-11-3-6(1-2-17-11)18-12(19)7-4-9(15)10(16)5-8(7)13(20)21/h1-5H,(H,20,21)(H,17,18,19). The molecule has 1 heterocycles. The van der Waals surface area contributed by atoms with E-state index in [1.165, 1.54) is 18.3 Å².